The Morgan fingerprint density at radius 1 is 1.42 bits per heavy atom. The van der Waals surface area contributed by atoms with Crippen molar-refractivity contribution in [2.75, 3.05) is 32.8 Å². The molecule has 5 nitrogen and oxygen atoms in total. The molecule has 1 aromatic carbocycles. The van der Waals surface area contributed by atoms with Gasteiger partial charge >= 0.3 is 0 Å². The van der Waals surface area contributed by atoms with Crippen LogP contribution >= 0.6 is 11.6 Å². The quantitative estimate of drug-likeness (QED) is 0.822. The fraction of sp³-hybridized carbons (Fsp3) is 0.611. The fourth-order valence-corrected chi connectivity index (χ4v) is 3.07. The highest BCUT2D eigenvalue weighted by Gasteiger charge is 2.32. The van der Waals surface area contributed by atoms with E-state index in [2.05, 4.69) is 24.1 Å². The van der Waals surface area contributed by atoms with Gasteiger partial charge in [0.05, 0.1) is 18.2 Å². The van der Waals surface area contributed by atoms with E-state index in [-0.39, 0.29) is 23.5 Å². The van der Waals surface area contributed by atoms with Gasteiger partial charge < -0.3 is 15.8 Å². The molecule has 1 saturated heterocycles. The monoisotopic (exact) mass is 353 g/mol. The van der Waals surface area contributed by atoms with Crippen LogP contribution < -0.4 is 11.1 Å². The predicted molar refractivity (Wildman–Crippen MR) is 97.0 cm³/mol. The van der Waals surface area contributed by atoms with Crippen molar-refractivity contribution in [3.8, 4) is 0 Å². The lowest BCUT2D eigenvalue weighted by atomic mass is 10.0. The highest BCUT2D eigenvalue weighted by molar-refractivity contribution is 6.30. The number of nitrogens with two attached hydrogens (primary N) is 1. The minimum atomic E-state index is -0.197. The van der Waals surface area contributed by atoms with E-state index in [1.165, 1.54) is 0 Å². The molecule has 0 aliphatic carbocycles. The summed E-state index contributed by atoms with van der Waals surface area (Å²) in [6.45, 7) is 9.24. The number of carbonyl (C=O) groups is 1. The molecule has 1 aromatic rings. The van der Waals surface area contributed by atoms with Gasteiger partial charge in [0.15, 0.2) is 0 Å². The molecular formula is C18H28ClN3O2. The van der Waals surface area contributed by atoms with Crippen LogP contribution in [0.3, 0.4) is 0 Å². The summed E-state index contributed by atoms with van der Waals surface area (Å²) in [6, 6.07) is 7.90. The van der Waals surface area contributed by atoms with Gasteiger partial charge in [-0.2, -0.15) is 0 Å². The highest BCUT2D eigenvalue weighted by atomic mass is 35.5. The van der Waals surface area contributed by atoms with Crippen molar-refractivity contribution in [1.29, 1.82) is 0 Å². The SMILES string of the molecule is CC(CN)C(=O)NCC(c1ccc(Cl)cc1)N1CCOC(C)(C)C1. The zero-order chi connectivity index (χ0) is 17.7. The minimum Gasteiger partial charge on any atom is -0.373 e. The van der Waals surface area contributed by atoms with Gasteiger partial charge in [-0.25, -0.2) is 0 Å². The number of benzene rings is 1. The molecule has 0 saturated carbocycles. The van der Waals surface area contributed by atoms with Crippen LogP contribution in [0, 0.1) is 5.92 Å². The number of rotatable bonds is 6. The van der Waals surface area contributed by atoms with E-state index in [9.17, 15) is 4.79 Å². The van der Waals surface area contributed by atoms with Gasteiger partial charge in [-0.15, -0.1) is 0 Å². The van der Waals surface area contributed by atoms with E-state index in [4.69, 9.17) is 22.1 Å². The standard InChI is InChI=1S/C18H28ClN3O2/c1-13(10-20)17(23)21-11-16(14-4-6-15(19)7-5-14)22-8-9-24-18(2,3)12-22/h4-7,13,16H,8-12,20H2,1-3H3,(H,21,23). The van der Waals surface area contributed by atoms with Crippen LogP contribution in [0.2, 0.25) is 5.02 Å². The van der Waals surface area contributed by atoms with Crippen LogP contribution in [0.1, 0.15) is 32.4 Å². The third-order valence-electron chi connectivity index (χ3n) is 4.42. The number of amides is 1. The molecule has 2 unspecified atom stereocenters. The Morgan fingerprint density at radius 2 is 2.08 bits per heavy atom. The second kappa shape index (κ2) is 8.30. The lowest BCUT2D eigenvalue weighted by Gasteiger charge is -2.42. The maximum Gasteiger partial charge on any atom is 0.224 e. The van der Waals surface area contributed by atoms with Gasteiger partial charge in [0.1, 0.15) is 0 Å². The summed E-state index contributed by atoms with van der Waals surface area (Å²) in [5.74, 6) is -0.194. The van der Waals surface area contributed by atoms with Crippen LogP contribution in [0.4, 0.5) is 0 Å². The molecule has 1 amide bonds. The van der Waals surface area contributed by atoms with Crippen molar-refractivity contribution < 1.29 is 9.53 Å². The molecule has 0 bridgehead atoms. The average molecular weight is 354 g/mol. The van der Waals surface area contributed by atoms with E-state index in [0.29, 0.717) is 24.7 Å². The number of nitrogens with zero attached hydrogens (tertiary/aromatic N) is 1. The lowest BCUT2D eigenvalue weighted by Crippen LogP contribution is -2.51. The van der Waals surface area contributed by atoms with Crippen LogP contribution in [0.15, 0.2) is 24.3 Å². The van der Waals surface area contributed by atoms with Crippen LogP contribution in [0.5, 0.6) is 0 Å². The van der Waals surface area contributed by atoms with E-state index in [1.54, 1.807) is 0 Å². The molecule has 0 radical (unpaired) electrons. The molecule has 1 fully saturated rings. The maximum atomic E-state index is 12.1. The van der Waals surface area contributed by atoms with Crippen molar-refractivity contribution in [1.82, 2.24) is 10.2 Å². The van der Waals surface area contributed by atoms with Crippen molar-refractivity contribution >= 4 is 17.5 Å². The molecule has 0 aromatic heterocycles. The first-order valence-corrected chi connectivity index (χ1v) is 8.81. The summed E-state index contributed by atoms with van der Waals surface area (Å²) in [6.07, 6.45) is 0. The number of halogens is 1. The van der Waals surface area contributed by atoms with Gasteiger partial charge in [0.2, 0.25) is 5.91 Å². The van der Waals surface area contributed by atoms with E-state index in [1.807, 2.05) is 31.2 Å². The zero-order valence-electron chi connectivity index (χ0n) is 14.7. The number of nitrogens with one attached hydrogen (secondary N) is 1. The van der Waals surface area contributed by atoms with Crippen LogP contribution in [-0.4, -0.2) is 49.2 Å². The Kier molecular flexibility index (Phi) is 6.63. The highest BCUT2D eigenvalue weighted by Crippen LogP contribution is 2.27. The first-order valence-electron chi connectivity index (χ1n) is 8.43. The molecule has 3 N–H and O–H groups in total. The summed E-state index contributed by atoms with van der Waals surface area (Å²) in [5.41, 5.74) is 6.52. The second-order valence-corrected chi connectivity index (χ2v) is 7.46. The number of hydrogen-bond acceptors (Lipinski definition) is 4. The number of ether oxygens (including phenoxy) is 1. The Bertz CT molecular complexity index is 548. The Hall–Kier alpha value is -1.14. The molecule has 134 valence electrons. The maximum absolute atomic E-state index is 12.1. The number of carbonyl (C=O) groups excluding carboxylic acids is 1. The van der Waals surface area contributed by atoms with Gasteiger partial charge in [-0.3, -0.25) is 9.69 Å². The van der Waals surface area contributed by atoms with E-state index in [0.717, 1.165) is 18.7 Å². The van der Waals surface area contributed by atoms with Gasteiger partial charge in [-0.1, -0.05) is 30.7 Å². The Balaban J connectivity index is 2.15. The summed E-state index contributed by atoms with van der Waals surface area (Å²) in [5, 5.41) is 3.75. The van der Waals surface area contributed by atoms with Crippen molar-refractivity contribution in [3.63, 3.8) is 0 Å². The predicted octanol–water partition coefficient (Wildman–Crippen LogP) is 2.20. The largest absolute Gasteiger partial charge is 0.373 e. The minimum absolute atomic E-state index is 0.0102. The molecule has 1 heterocycles. The molecule has 0 spiro atoms. The summed E-state index contributed by atoms with van der Waals surface area (Å²) in [4.78, 5) is 14.5. The van der Waals surface area contributed by atoms with Gasteiger partial charge in [-0.05, 0) is 31.5 Å². The van der Waals surface area contributed by atoms with Crippen molar-refractivity contribution in [2.24, 2.45) is 11.7 Å². The molecule has 6 heteroatoms. The van der Waals surface area contributed by atoms with Crippen LogP contribution in [0.25, 0.3) is 0 Å². The first-order chi connectivity index (χ1) is 11.3. The molecule has 1 aliphatic rings. The molecule has 2 atom stereocenters. The topological polar surface area (TPSA) is 67.6 Å². The summed E-state index contributed by atoms with van der Waals surface area (Å²) < 4.78 is 5.82. The summed E-state index contributed by atoms with van der Waals surface area (Å²) >= 11 is 6.02. The molecule has 1 aliphatic heterocycles. The Labute approximate surface area is 149 Å². The lowest BCUT2D eigenvalue weighted by molar-refractivity contribution is -0.125. The van der Waals surface area contributed by atoms with Crippen molar-refractivity contribution in [3.05, 3.63) is 34.9 Å². The molecule has 24 heavy (non-hydrogen) atoms. The average Bonchev–Trinajstić information content (AvgIpc) is 2.54. The third kappa shape index (κ3) is 5.18. The first kappa shape index (κ1) is 19.2. The van der Waals surface area contributed by atoms with E-state index >= 15 is 0 Å². The van der Waals surface area contributed by atoms with Crippen molar-refractivity contribution in [2.45, 2.75) is 32.4 Å². The second-order valence-electron chi connectivity index (χ2n) is 7.03. The fourth-order valence-electron chi connectivity index (χ4n) is 2.94. The smallest absolute Gasteiger partial charge is 0.224 e. The normalized spacial score (nSPS) is 20.4. The van der Waals surface area contributed by atoms with Crippen LogP contribution in [-0.2, 0) is 9.53 Å². The number of hydrogen-bond donors (Lipinski definition) is 2. The Morgan fingerprint density at radius 3 is 2.67 bits per heavy atom. The summed E-state index contributed by atoms with van der Waals surface area (Å²) in [7, 11) is 0. The molecular weight excluding hydrogens is 326 g/mol. The van der Waals surface area contributed by atoms with Gasteiger partial charge in [0.25, 0.3) is 0 Å². The number of morpholine rings is 1. The zero-order valence-corrected chi connectivity index (χ0v) is 15.5. The molecule has 2 rings (SSSR count). The van der Waals surface area contributed by atoms with E-state index < -0.39 is 0 Å². The third-order valence-corrected chi connectivity index (χ3v) is 4.67. The van der Waals surface area contributed by atoms with Gasteiger partial charge in [0, 0.05) is 37.1 Å².